The molecule has 1 aromatic heterocycles. The third-order valence-electron chi connectivity index (χ3n) is 2.42. The van der Waals surface area contributed by atoms with E-state index in [1.807, 2.05) is 37.5 Å². The van der Waals surface area contributed by atoms with Crippen LogP contribution in [0.1, 0.15) is 16.5 Å². The third-order valence-corrected chi connectivity index (χ3v) is 3.45. The van der Waals surface area contributed by atoms with Gasteiger partial charge in [-0.05, 0) is 42.7 Å². The highest BCUT2D eigenvalue weighted by molar-refractivity contribution is 7.05. The SMILES string of the molecule is CNC(Cc1ccc(Cl)cc1)c1cnns1. The molecule has 1 aromatic carbocycles. The smallest absolute Gasteiger partial charge is 0.0669 e. The summed E-state index contributed by atoms with van der Waals surface area (Å²) in [6, 6.07) is 8.17. The van der Waals surface area contributed by atoms with Crippen molar-refractivity contribution >= 4 is 23.1 Å². The maximum Gasteiger partial charge on any atom is 0.0669 e. The molecule has 0 bridgehead atoms. The number of benzene rings is 1. The van der Waals surface area contributed by atoms with Crippen molar-refractivity contribution in [1.29, 1.82) is 0 Å². The van der Waals surface area contributed by atoms with Gasteiger partial charge in [-0.1, -0.05) is 28.2 Å². The maximum absolute atomic E-state index is 5.85. The molecular formula is C11H12ClN3S. The van der Waals surface area contributed by atoms with Crippen LogP contribution in [0.25, 0.3) is 0 Å². The normalized spacial score (nSPS) is 12.6. The first-order valence-corrected chi connectivity index (χ1v) is 6.13. The van der Waals surface area contributed by atoms with Gasteiger partial charge in [0.2, 0.25) is 0 Å². The van der Waals surface area contributed by atoms with Crippen molar-refractivity contribution in [2.24, 2.45) is 0 Å². The van der Waals surface area contributed by atoms with Crippen LogP contribution in [0.5, 0.6) is 0 Å². The molecule has 2 aromatic rings. The number of hydrogen-bond acceptors (Lipinski definition) is 4. The lowest BCUT2D eigenvalue weighted by molar-refractivity contribution is 0.601. The summed E-state index contributed by atoms with van der Waals surface area (Å²) >= 11 is 7.28. The van der Waals surface area contributed by atoms with Gasteiger partial charge in [0, 0.05) is 11.1 Å². The molecule has 1 heterocycles. The van der Waals surface area contributed by atoms with Gasteiger partial charge in [-0.15, -0.1) is 5.10 Å². The third kappa shape index (κ3) is 2.78. The highest BCUT2D eigenvalue weighted by Crippen LogP contribution is 2.20. The van der Waals surface area contributed by atoms with Gasteiger partial charge in [-0.25, -0.2) is 0 Å². The van der Waals surface area contributed by atoms with E-state index in [-0.39, 0.29) is 6.04 Å². The quantitative estimate of drug-likeness (QED) is 0.911. The highest BCUT2D eigenvalue weighted by atomic mass is 35.5. The van der Waals surface area contributed by atoms with E-state index in [1.165, 1.54) is 17.1 Å². The number of nitrogens with zero attached hydrogens (tertiary/aromatic N) is 2. The van der Waals surface area contributed by atoms with E-state index in [2.05, 4.69) is 14.9 Å². The van der Waals surface area contributed by atoms with E-state index in [4.69, 9.17) is 11.6 Å². The minimum Gasteiger partial charge on any atom is -0.312 e. The van der Waals surface area contributed by atoms with Crippen molar-refractivity contribution in [2.75, 3.05) is 7.05 Å². The van der Waals surface area contributed by atoms with Crippen molar-refractivity contribution < 1.29 is 0 Å². The maximum atomic E-state index is 5.85. The summed E-state index contributed by atoms with van der Waals surface area (Å²) in [7, 11) is 1.94. The second-order valence-corrected chi connectivity index (χ2v) is 4.75. The van der Waals surface area contributed by atoms with E-state index >= 15 is 0 Å². The predicted molar refractivity (Wildman–Crippen MR) is 66.9 cm³/mol. The Kier molecular flexibility index (Phi) is 3.88. The molecule has 0 fully saturated rings. The zero-order valence-electron chi connectivity index (χ0n) is 8.85. The molecule has 5 heteroatoms. The second-order valence-electron chi connectivity index (χ2n) is 3.49. The summed E-state index contributed by atoms with van der Waals surface area (Å²) in [5.74, 6) is 0. The van der Waals surface area contributed by atoms with Gasteiger partial charge in [-0.2, -0.15) is 0 Å². The summed E-state index contributed by atoms with van der Waals surface area (Å²) in [5.41, 5.74) is 1.25. The van der Waals surface area contributed by atoms with E-state index in [0.29, 0.717) is 0 Å². The molecule has 1 N–H and O–H groups in total. The summed E-state index contributed by atoms with van der Waals surface area (Å²) in [5, 5.41) is 7.89. The summed E-state index contributed by atoms with van der Waals surface area (Å²) in [6.45, 7) is 0. The summed E-state index contributed by atoms with van der Waals surface area (Å²) in [4.78, 5) is 1.15. The van der Waals surface area contributed by atoms with Crippen LogP contribution in [0.4, 0.5) is 0 Å². The zero-order chi connectivity index (χ0) is 11.4. The zero-order valence-corrected chi connectivity index (χ0v) is 10.4. The summed E-state index contributed by atoms with van der Waals surface area (Å²) in [6.07, 6.45) is 2.72. The Balaban J connectivity index is 2.10. The molecule has 16 heavy (non-hydrogen) atoms. The molecule has 0 aliphatic rings. The van der Waals surface area contributed by atoms with Gasteiger partial charge < -0.3 is 5.32 Å². The number of aromatic nitrogens is 2. The Morgan fingerprint density at radius 3 is 2.69 bits per heavy atom. The lowest BCUT2D eigenvalue weighted by Gasteiger charge is -2.13. The van der Waals surface area contributed by atoms with E-state index < -0.39 is 0 Å². The molecule has 0 saturated carbocycles. The van der Waals surface area contributed by atoms with Crippen LogP contribution in [0.2, 0.25) is 5.02 Å². The molecule has 0 spiro atoms. The Morgan fingerprint density at radius 1 is 1.38 bits per heavy atom. The monoisotopic (exact) mass is 253 g/mol. The Labute approximate surface area is 104 Å². The van der Waals surface area contributed by atoms with Crippen LogP contribution in [-0.4, -0.2) is 16.6 Å². The Hall–Kier alpha value is -0.970. The van der Waals surface area contributed by atoms with Gasteiger partial charge in [0.05, 0.1) is 11.1 Å². The molecule has 3 nitrogen and oxygen atoms in total. The Morgan fingerprint density at radius 2 is 2.12 bits per heavy atom. The van der Waals surface area contributed by atoms with Gasteiger partial charge in [0.1, 0.15) is 0 Å². The Bertz CT molecular complexity index is 427. The fourth-order valence-corrected chi connectivity index (χ4v) is 2.27. The van der Waals surface area contributed by atoms with Crippen LogP contribution in [0, 0.1) is 0 Å². The van der Waals surface area contributed by atoms with Crippen molar-refractivity contribution in [2.45, 2.75) is 12.5 Å². The number of hydrogen-bond donors (Lipinski definition) is 1. The van der Waals surface area contributed by atoms with Crippen LogP contribution in [-0.2, 0) is 6.42 Å². The van der Waals surface area contributed by atoms with Gasteiger partial charge in [0.15, 0.2) is 0 Å². The molecule has 1 unspecified atom stereocenters. The highest BCUT2D eigenvalue weighted by Gasteiger charge is 2.12. The number of nitrogens with one attached hydrogen (secondary N) is 1. The molecule has 0 aliphatic heterocycles. The molecule has 0 amide bonds. The summed E-state index contributed by atoms with van der Waals surface area (Å²) < 4.78 is 3.88. The first-order valence-electron chi connectivity index (χ1n) is 4.98. The van der Waals surface area contributed by atoms with E-state index in [1.54, 1.807) is 0 Å². The minimum atomic E-state index is 0.265. The number of halogens is 1. The average Bonchev–Trinajstić information content (AvgIpc) is 2.82. The van der Waals surface area contributed by atoms with Gasteiger partial charge in [-0.3, -0.25) is 0 Å². The standard InChI is InChI=1S/C11H12ClN3S/c1-13-10(11-7-14-15-16-11)6-8-2-4-9(12)5-3-8/h2-5,7,10,13H,6H2,1H3. The van der Waals surface area contributed by atoms with Gasteiger partial charge in [0.25, 0.3) is 0 Å². The van der Waals surface area contributed by atoms with E-state index in [0.717, 1.165) is 16.3 Å². The van der Waals surface area contributed by atoms with Crippen LogP contribution in [0.3, 0.4) is 0 Å². The van der Waals surface area contributed by atoms with Gasteiger partial charge >= 0.3 is 0 Å². The van der Waals surface area contributed by atoms with Crippen molar-refractivity contribution in [3.63, 3.8) is 0 Å². The van der Waals surface area contributed by atoms with Crippen LogP contribution < -0.4 is 5.32 Å². The topological polar surface area (TPSA) is 37.8 Å². The second kappa shape index (κ2) is 5.39. The lowest BCUT2D eigenvalue weighted by Crippen LogP contribution is -2.17. The lowest BCUT2D eigenvalue weighted by atomic mass is 10.1. The van der Waals surface area contributed by atoms with Crippen molar-refractivity contribution in [3.8, 4) is 0 Å². The van der Waals surface area contributed by atoms with Crippen LogP contribution >= 0.6 is 23.1 Å². The van der Waals surface area contributed by atoms with Crippen LogP contribution in [0.15, 0.2) is 30.5 Å². The molecule has 0 aliphatic carbocycles. The molecule has 2 rings (SSSR count). The minimum absolute atomic E-state index is 0.265. The fourth-order valence-electron chi connectivity index (χ4n) is 1.53. The first kappa shape index (κ1) is 11.5. The van der Waals surface area contributed by atoms with E-state index in [9.17, 15) is 0 Å². The first-order chi connectivity index (χ1) is 7.79. The molecular weight excluding hydrogens is 242 g/mol. The van der Waals surface area contributed by atoms with Crippen molar-refractivity contribution in [1.82, 2.24) is 14.9 Å². The average molecular weight is 254 g/mol. The molecule has 1 atom stereocenters. The molecule has 0 radical (unpaired) electrons. The van der Waals surface area contributed by atoms with Crippen molar-refractivity contribution in [3.05, 3.63) is 45.9 Å². The largest absolute Gasteiger partial charge is 0.312 e. The molecule has 84 valence electrons. The fraction of sp³-hybridized carbons (Fsp3) is 0.273. The number of rotatable bonds is 4. The predicted octanol–water partition coefficient (Wildman–Crippen LogP) is 2.69. The number of likely N-dealkylation sites (N-methyl/N-ethyl adjacent to an activating group) is 1. The molecule has 0 saturated heterocycles.